The normalized spacial score (nSPS) is 10.8. The van der Waals surface area contributed by atoms with Crippen molar-refractivity contribution in [3.63, 3.8) is 0 Å². The van der Waals surface area contributed by atoms with Crippen LogP contribution in [0.15, 0.2) is 24.5 Å². The number of hydrogen-bond acceptors (Lipinski definition) is 5. The summed E-state index contributed by atoms with van der Waals surface area (Å²) in [5.41, 5.74) is 5.52. The molecule has 1 aromatic carbocycles. The molecule has 0 radical (unpaired) electrons. The van der Waals surface area contributed by atoms with E-state index in [-0.39, 0.29) is 0 Å². The van der Waals surface area contributed by atoms with Gasteiger partial charge in [0.2, 0.25) is 0 Å². The minimum atomic E-state index is 0.363. The average molecular weight is 310 g/mol. The zero-order valence-electron chi connectivity index (χ0n) is 13.5. The van der Waals surface area contributed by atoms with Crippen LogP contribution in [0.4, 0.5) is 11.4 Å². The van der Waals surface area contributed by atoms with Gasteiger partial charge in [-0.15, -0.1) is 0 Å². The quantitative estimate of drug-likeness (QED) is 0.750. The smallest absolute Gasteiger partial charge is 0.168 e. The molecule has 2 heterocycles. The first-order chi connectivity index (χ1) is 11.0. The van der Waals surface area contributed by atoms with E-state index in [0.29, 0.717) is 11.3 Å². The van der Waals surface area contributed by atoms with Crippen LogP contribution in [-0.4, -0.2) is 27.9 Å². The zero-order valence-corrected chi connectivity index (χ0v) is 13.5. The number of ether oxygens (including phenoxy) is 1. The molecule has 2 aromatic heterocycles. The predicted octanol–water partition coefficient (Wildman–Crippen LogP) is 3.15. The van der Waals surface area contributed by atoms with Crippen LogP contribution in [-0.2, 0) is 7.05 Å². The number of anilines is 2. The maximum atomic E-state index is 11.2. The third-order valence-corrected chi connectivity index (χ3v) is 3.91. The minimum Gasteiger partial charge on any atom is -0.496 e. The number of nitrogens with zero attached hydrogens (tertiary/aromatic N) is 3. The second-order valence-corrected chi connectivity index (χ2v) is 5.45. The van der Waals surface area contributed by atoms with E-state index in [1.165, 1.54) is 0 Å². The number of carbonyl (C=O) groups excluding carboxylic acids is 1. The molecule has 3 rings (SSSR count). The van der Waals surface area contributed by atoms with Crippen molar-refractivity contribution in [2.24, 2.45) is 7.05 Å². The molecule has 0 saturated carbocycles. The van der Waals surface area contributed by atoms with Gasteiger partial charge in [-0.2, -0.15) is 0 Å². The Hall–Kier alpha value is -2.89. The molecule has 3 aromatic rings. The number of imidazole rings is 1. The number of rotatable bonds is 4. The number of nitrogens with one attached hydrogen (secondary N) is 1. The number of aryl methyl sites for hydroxylation is 2. The molecule has 0 aliphatic heterocycles. The summed E-state index contributed by atoms with van der Waals surface area (Å²) in [6.07, 6.45) is 2.42. The molecule has 0 atom stereocenters. The van der Waals surface area contributed by atoms with E-state index in [1.54, 1.807) is 24.1 Å². The van der Waals surface area contributed by atoms with Crippen molar-refractivity contribution in [3.05, 3.63) is 41.3 Å². The van der Waals surface area contributed by atoms with Gasteiger partial charge in [-0.25, -0.2) is 9.97 Å². The van der Waals surface area contributed by atoms with Crippen molar-refractivity contribution in [2.75, 3.05) is 12.4 Å². The summed E-state index contributed by atoms with van der Waals surface area (Å²) in [6, 6.07) is 5.64. The number of pyridine rings is 1. The third-order valence-electron chi connectivity index (χ3n) is 3.91. The fraction of sp³-hybridized carbons (Fsp3) is 0.235. The Labute approximate surface area is 134 Å². The summed E-state index contributed by atoms with van der Waals surface area (Å²) in [4.78, 5) is 19.9. The maximum absolute atomic E-state index is 11.2. The number of methoxy groups -OCH3 is 1. The second kappa shape index (κ2) is 5.72. The van der Waals surface area contributed by atoms with Crippen LogP contribution in [0.2, 0.25) is 0 Å². The van der Waals surface area contributed by atoms with E-state index in [4.69, 9.17) is 4.74 Å². The first-order valence-electron chi connectivity index (χ1n) is 7.23. The zero-order chi connectivity index (χ0) is 16.6. The second-order valence-electron chi connectivity index (χ2n) is 5.45. The van der Waals surface area contributed by atoms with Crippen molar-refractivity contribution in [3.8, 4) is 5.75 Å². The molecule has 1 N–H and O–H groups in total. The lowest BCUT2D eigenvalue weighted by molar-refractivity contribution is 0.111. The molecule has 6 nitrogen and oxygen atoms in total. The summed E-state index contributed by atoms with van der Waals surface area (Å²) in [6.45, 7) is 4.01. The van der Waals surface area contributed by atoms with E-state index < -0.39 is 0 Å². The standard InChI is InChI=1S/C17H18N4O2/c1-10-5-6-14(23-4)11(2)15(10)20-13-7-12(8-22)19-17-16(13)18-9-21(17)3/h5-9H,1-4H3,(H,19,20). The van der Waals surface area contributed by atoms with Crippen LogP contribution < -0.4 is 10.1 Å². The Morgan fingerprint density at radius 1 is 1.30 bits per heavy atom. The average Bonchev–Trinajstić information content (AvgIpc) is 2.93. The molecule has 0 aliphatic carbocycles. The predicted molar refractivity (Wildman–Crippen MR) is 89.6 cm³/mol. The van der Waals surface area contributed by atoms with E-state index in [2.05, 4.69) is 15.3 Å². The van der Waals surface area contributed by atoms with Crippen LogP contribution in [0.3, 0.4) is 0 Å². The van der Waals surface area contributed by atoms with Crippen molar-refractivity contribution in [2.45, 2.75) is 13.8 Å². The van der Waals surface area contributed by atoms with Gasteiger partial charge in [-0.1, -0.05) is 6.07 Å². The number of hydrogen-bond donors (Lipinski definition) is 1. The topological polar surface area (TPSA) is 69.0 Å². The van der Waals surface area contributed by atoms with Gasteiger partial charge in [0.15, 0.2) is 11.9 Å². The first-order valence-corrected chi connectivity index (χ1v) is 7.23. The lowest BCUT2D eigenvalue weighted by Crippen LogP contribution is -2.01. The highest BCUT2D eigenvalue weighted by molar-refractivity contribution is 5.92. The minimum absolute atomic E-state index is 0.363. The number of fused-ring (bicyclic) bond motifs is 1. The van der Waals surface area contributed by atoms with Crippen LogP contribution in [0.5, 0.6) is 5.75 Å². The van der Waals surface area contributed by atoms with Gasteiger partial charge in [-0.05, 0) is 31.5 Å². The van der Waals surface area contributed by atoms with Gasteiger partial charge >= 0.3 is 0 Å². The highest BCUT2D eigenvalue weighted by Gasteiger charge is 2.14. The maximum Gasteiger partial charge on any atom is 0.168 e. The Kier molecular flexibility index (Phi) is 3.73. The molecule has 0 saturated heterocycles. The molecule has 0 bridgehead atoms. The molecule has 0 spiro atoms. The summed E-state index contributed by atoms with van der Waals surface area (Å²) < 4.78 is 7.18. The van der Waals surface area contributed by atoms with Crippen LogP contribution in [0, 0.1) is 13.8 Å². The molecular weight excluding hydrogens is 292 g/mol. The Morgan fingerprint density at radius 3 is 2.78 bits per heavy atom. The van der Waals surface area contributed by atoms with Gasteiger partial charge in [-0.3, -0.25) is 4.79 Å². The van der Waals surface area contributed by atoms with Crippen LogP contribution >= 0.6 is 0 Å². The van der Waals surface area contributed by atoms with Crippen molar-refractivity contribution in [1.82, 2.24) is 14.5 Å². The number of aromatic nitrogens is 3. The molecule has 0 fully saturated rings. The SMILES string of the molecule is COc1ccc(C)c(Nc2cc(C=O)nc3c2ncn3C)c1C. The van der Waals surface area contributed by atoms with Crippen molar-refractivity contribution >= 4 is 28.8 Å². The lowest BCUT2D eigenvalue weighted by atomic mass is 10.1. The summed E-state index contributed by atoms with van der Waals surface area (Å²) in [5.74, 6) is 0.806. The fourth-order valence-corrected chi connectivity index (χ4v) is 2.65. The molecule has 0 amide bonds. The van der Waals surface area contributed by atoms with Gasteiger partial charge < -0.3 is 14.6 Å². The molecule has 23 heavy (non-hydrogen) atoms. The number of aldehydes is 1. The van der Waals surface area contributed by atoms with Gasteiger partial charge in [0.1, 0.15) is 17.0 Å². The van der Waals surface area contributed by atoms with Gasteiger partial charge in [0.05, 0.1) is 19.1 Å². The van der Waals surface area contributed by atoms with E-state index >= 15 is 0 Å². The Morgan fingerprint density at radius 2 is 2.09 bits per heavy atom. The molecular formula is C17H18N4O2. The highest BCUT2D eigenvalue weighted by Crippen LogP contribution is 2.33. The summed E-state index contributed by atoms with van der Waals surface area (Å²) in [5, 5.41) is 3.39. The van der Waals surface area contributed by atoms with Gasteiger partial charge in [0, 0.05) is 18.3 Å². The third kappa shape index (κ3) is 2.52. The lowest BCUT2D eigenvalue weighted by Gasteiger charge is -2.16. The number of benzene rings is 1. The van der Waals surface area contributed by atoms with E-state index in [9.17, 15) is 4.79 Å². The van der Waals surface area contributed by atoms with Crippen molar-refractivity contribution in [1.29, 1.82) is 0 Å². The first kappa shape index (κ1) is 15.0. The monoisotopic (exact) mass is 310 g/mol. The van der Waals surface area contributed by atoms with Crippen LogP contribution in [0.1, 0.15) is 21.6 Å². The largest absolute Gasteiger partial charge is 0.496 e. The summed E-state index contributed by atoms with van der Waals surface area (Å²) in [7, 11) is 3.50. The van der Waals surface area contributed by atoms with Crippen LogP contribution in [0.25, 0.3) is 11.2 Å². The Balaban J connectivity index is 2.17. The van der Waals surface area contributed by atoms with Gasteiger partial charge in [0.25, 0.3) is 0 Å². The Bertz CT molecular complexity index is 899. The fourth-order valence-electron chi connectivity index (χ4n) is 2.65. The number of carbonyl (C=O) groups is 1. The van der Waals surface area contributed by atoms with Crippen molar-refractivity contribution < 1.29 is 9.53 Å². The molecule has 6 heteroatoms. The molecule has 0 unspecified atom stereocenters. The molecule has 118 valence electrons. The molecule has 0 aliphatic rings. The highest BCUT2D eigenvalue weighted by atomic mass is 16.5. The van der Waals surface area contributed by atoms with E-state index in [1.807, 2.05) is 33.0 Å². The van der Waals surface area contributed by atoms with E-state index in [0.717, 1.165) is 40.1 Å². The summed E-state index contributed by atoms with van der Waals surface area (Å²) >= 11 is 0.